The van der Waals surface area contributed by atoms with Gasteiger partial charge >= 0.3 is 0 Å². The molecule has 0 N–H and O–H groups in total. The predicted octanol–water partition coefficient (Wildman–Crippen LogP) is 2.32. The highest BCUT2D eigenvalue weighted by Gasteiger charge is 2.43. The highest BCUT2D eigenvalue weighted by atomic mass is 16.5. The summed E-state index contributed by atoms with van der Waals surface area (Å²) < 4.78 is 16.1. The maximum absolute atomic E-state index is 13.5. The molecule has 2 aromatic carbocycles. The summed E-state index contributed by atoms with van der Waals surface area (Å²) in [6, 6.07) is 14.3. The van der Waals surface area contributed by atoms with Gasteiger partial charge in [-0.25, -0.2) is 4.90 Å². The van der Waals surface area contributed by atoms with Gasteiger partial charge in [0.15, 0.2) is 0 Å². The second-order valence-electron chi connectivity index (χ2n) is 6.67. The van der Waals surface area contributed by atoms with Gasteiger partial charge in [-0.15, -0.1) is 0 Å². The number of morpholine rings is 1. The molecule has 0 aliphatic carbocycles. The summed E-state index contributed by atoms with van der Waals surface area (Å²) >= 11 is 0. The molecule has 2 aromatic rings. The average molecular weight is 394 g/mol. The van der Waals surface area contributed by atoms with Crippen LogP contribution in [0.4, 0.5) is 5.69 Å². The highest BCUT2D eigenvalue weighted by Crippen LogP contribution is 2.40. The van der Waals surface area contributed by atoms with Crippen molar-refractivity contribution in [2.75, 3.05) is 45.4 Å². The highest BCUT2D eigenvalue weighted by molar-refractivity contribution is 6.45. The minimum absolute atomic E-state index is 0.360. The number of hydrogen-bond donors (Lipinski definition) is 0. The minimum Gasteiger partial charge on any atom is -0.497 e. The van der Waals surface area contributed by atoms with Gasteiger partial charge < -0.3 is 19.1 Å². The quantitative estimate of drug-likeness (QED) is 0.725. The van der Waals surface area contributed by atoms with Gasteiger partial charge in [0.05, 0.1) is 38.7 Å². The minimum atomic E-state index is -0.380. The fourth-order valence-electron chi connectivity index (χ4n) is 3.65. The summed E-state index contributed by atoms with van der Waals surface area (Å²) in [6.45, 7) is 2.12. The van der Waals surface area contributed by atoms with E-state index in [0.717, 1.165) is 0 Å². The van der Waals surface area contributed by atoms with Crippen molar-refractivity contribution in [2.45, 2.75) is 0 Å². The Kier molecular flexibility index (Phi) is 5.22. The van der Waals surface area contributed by atoms with E-state index >= 15 is 0 Å². The van der Waals surface area contributed by atoms with Crippen LogP contribution in [0.25, 0.3) is 5.57 Å². The van der Waals surface area contributed by atoms with Crippen LogP contribution in [0.1, 0.15) is 5.56 Å². The fourth-order valence-corrected chi connectivity index (χ4v) is 3.65. The topological polar surface area (TPSA) is 68.3 Å². The van der Waals surface area contributed by atoms with Gasteiger partial charge in [0.2, 0.25) is 0 Å². The number of ether oxygens (including phenoxy) is 3. The zero-order valence-corrected chi connectivity index (χ0v) is 16.4. The van der Waals surface area contributed by atoms with E-state index in [9.17, 15) is 9.59 Å². The molecule has 2 amide bonds. The van der Waals surface area contributed by atoms with Crippen LogP contribution >= 0.6 is 0 Å². The molecule has 150 valence electrons. The number of benzene rings is 2. The number of carbonyl (C=O) groups excluding carboxylic acids is 2. The number of imide groups is 1. The maximum Gasteiger partial charge on any atom is 0.282 e. The molecule has 29 heavy (non-hydrogen) atoms. The number of anilines is 1. The Balaban J connectivity index is 1.85. The van der Waals surface area contributed by atoms with Crippen molar-refractivity contribution in [1.29, 1.82) is 0 Å². The van der Waals surface area contributed by atoms with Crippen LogP contribution in [0.2, 0.25) is 0 Å². The molecule has 0 radical (unpaired) electrons. The SMILES string of the molecule is COc1ccc(OC)c(N2C(=O)C(c3ccccc3)=C(N3CCOCC3)C2=O)c1. The number of amides is 2. The fraction of sp³-hybridized carbons (Fsp3) is 0.273. The predicted molar refractivity (Wildman–Crippen MR) is 108 cm³/mol. The molecule has 1 saturated heterocycles. The number of methoxy groups -OCH3 is 2. The van der Waals surface area contributed by atoms with E-state index in [1.165, 1.54) is 19.1 Å². The Hall–Kier alpha value is -3.32. The number of carbonyl (C=O) groups is 2. The van der Waals surface area contributed by atoms with E-state index in [-0.39, 0.29) is 11.8 Å². The summed E-state index contributed by atoms with van der Waals surface area (Å²) in [4.78, 5) is 30.2. The lowest BCUT2D eigenvalue weighted by Crippen LogP contribution is -2.40. The van der Waals surface area contributed by atoms with Crippen molar-refractivity contribution in [3.8, 4) is 11.5 Å². The standard InChI is InChI=1S/C22H22N2O5/c1-27-16-8-9-18(28-2)17(14-16)24-21(25)19(15-6-4-3-5-7-15)20(22(24)26)23-10-12-29-13-11-23/h3-9,14H,10-13H2,1-2H3. The average Bonchev–Trinajstić information content (AvgIpc) is 3.04. The third kappa shape index (κ3) is 3.34. The van der Waals surface area contributed by atoms with Crippen LogP contribution in [0, 0.1) is 0 Å². The van der Waals surface area contributed by atoms with Gasteiger partial charge in [0, 0.05) is 19.2 Å². The van der Waals surface area contributed by atoms with Crippen molar-refractivity contribution in [3.05, 3.63) is 59.8 Å². The van der Waals surface area contributed by atoms with E-state index in [2.05, 4.69) is 0 Å². The van der Waals surface area contributed by atoms with Crippen LogP contribution in [0.5, 0.6) is 11.5 Å². The van der Waals surface area contributed by atoms with Gasteiger partial charge in [-0.2, -0.15) is 0 Å². The molecule has 0 aromatic heterocycles. The molecule has 0 saturated carbocycles. The Morgan fingerprint density at radius 2 is 1.62 bits per heavy atom. The van der Waals surface area contributed by atoms with Crippen molar-refractivity contribution in [2.24, 2.45) is 0 Å². The Labute approximate surface area is 169 Å². The van der Waals surface area contributed by atoms with Gasteiger partial charge in [-0.1, -0.05) is 30.3 Å². The summed E-state index contributed by atoms with van der Waals surface area (Å²) in [7, 11) is 3.04. The van der Waals surface area contributed by atoms with Crippen molar-refractivity contribution >= 4 is 23.1 Å². The van der Waals surface area contributed by atoms with E-state index in [4.69, 9.17) is 14.2 Å². The Morgan fingerprint density at radius 3 is 2.28 bits per heavy atom. The molecule has 0 bridgehead atoms. The van der Waals surface area contributed by atoms with E-state index in [1.807, 2.05) is 35.2 Å². The van der Waals surface area contributed by atoms with Crippen molar-refractivity contribution < 1.29 is 23.8 Å². The second-order valence-corrected chi connectivity index (χ2v) is 6.67. The Morgan fingerprint density at radius 1 is 0.897 bits per heavy atom. The zero-order valence-electron chi connectivity index (χ0n) is 16.4. The molecule has 0 atom stereocenters. The normalized spacial score (nSPS) is 17.2. The van der Waals surface area contributed by atoms with Gasteiger partial charge in [-0.3, -0.25) is 9.59 Å². The first kappa shape index (κ1) is 19.0. The molecule has 0 spiro atoms. The summed E-state index contributed by atoms with van der Waals surface area (Å²) in [5.41, 5.74) is 1.85. The lowest BCUT2D eigenvalue weighted by atomic mass is 10.0. The van der Waals surface area contributed by atoms with Gasteiger partial charge in [0.25, 0.3) is 11.8 Å². The first-order valence-corrected chi connectivity index (χ1v) is 9.39. The molecule has 2 aliphatic heterocycles. The first-order valence-electron chi connectivity index (χ1n) is 9.39. The summed E-state index contributed by atoms with van der Waals surface area (Å²) in [5, 5.41) is 0. The molecular weight excluding hydrogens is 372 g/mol. The second kappa shape index (κ2) is 7.97. The van der Waals surface area contributed by atoms with Crippen molar-refractivity contribution in [3.63, 3.8) is 0 Å². The Bertz CT molecular complexity index is 964. The third-order valence-corrected chi connectivity index (χ3v) is 5.08. The third-order valence-electron chi connectivity index (χ3n) is 5.08. The molecule has 7 heteroatoms. The molecule has 0 unspecified atom stereocenters. The monoisotopic (exact) mass is 394 g/mol. The van der Waals surface area contributed by atoms with Crippen LogP contribution in [0.3, 0.4) is 0 Å². The smallest absolute Gasteiger partial charge is 0.282 e. The lowest BCUT2D eigenvalue weighted by Gasteiger charge is -2.29. The van der Waals surface area contributed by atoms with E-state index in [0.29, 0.717) is 60.3 Å². The molecular formula is C22H22N2O5. The maximum atomic E-state index is 13.5. The largest absolute Gasteiger partial charge is 0.497 e. The van der Waals surface area contributed by atoms with Crippen LogP contribution in [-0.2, 0) is 14.3 Å². The lowest BCUT2D eigenvalue weighted by molar-refractivity contribution is -0.121. The van der Waals surface area contributed by atoms with E-state index in [1.54, 1.807) is 18.2 Å². The molecule has 1 fully saturated rings. The first-order chi connectivity index (χ1) is 14.2. The molecule has 2 aliphatic rings. The number of hydrogen-bond acceptors (Lipinski definition) is 6. The van der Waals surface area contributed by atoms with Crippen LogP contribution in [-0.4, -0.2) is 57.2 Å². The molecule has 2 heterocycles. The zero-order chi connectivity index (χ0) is 20.4. The van der Waals surface area contributed by atoms with Gasteiger partial charge in [-0.05, 0) is 17.7 Å². The van der Waals surface area contributed by atoms with Crippen molar-refractivity contribution in [1.82, 2.24) is 4.90 Å². The summed E-state index contributed by atoms with van der Waals surface area (Å²) in [5.74, 6) is 0.196. The summed E-state index contributed by atoms with van der Waals surface area (Å²) in [6.07, 6.45) is 0. The van der Waals surface area contributed by atoms with Gasteiger partial charge in [0.1, 0.15) is 17.2 Å². The van der Waals surface area contributed by atoms with E-state index < -0.39 is 0 Å². The number of rotatable bonds is 5. The molecule has 7 nitrogen and oxygen atoms in total. The molecule has 4 rings (SSSR count). The number of nitrogens with zero attached hydrogens (tertiary/aromatic N) is 2. The van der Waals surface area contributed by atoms with Crippen LogP contribution < -0.4 is 14.4 Å². The van der Waals surface area contributed by atoms with Crippen LogP contribution in [0.15, 0.2) is 54.2 Å².